The van der Waals surface area contributed by atoms with E-state index >= 15 is 8.78 Å². The highest BCUT2D eigenvalue weighted by atomic mass is 35.5. The van der Waals surface area contributed by atoms with Gasteiger partial charge in [0.15, 0.2) is 5.82 Å². The zero-order valence-electron chi connectivity index (χ0n) is 45.2. The molecule has 2 amide bonds. The standard InChI is InChI=1S/C61H70Cl2F2N10O4/c1-60(2,3)36-53-61(38-66,45-25-22-41(62)34-47(45)64)54(44-16-14-17-46(63)55(44)65)56(71-53)59(78)70-48-26-21-40(33-52(48)79-4)58(77)69-28-13-9-7-5-6-8-12-27-68-37-39-19-23-42(24-20-39)74-29-31-75(32-30-74)50-35-49(72-73-57(50)67)43-15-10-11-18-51(43)76/h10-11,14-26,33-35,53-54,56,68,71,76H,5-9,12-13,27-32,36-37H2,1-4H3,(H2,67,73)(H,69,77)(H,70,78)/t53-,54-,56+,61-/m0/s1. The number of nitriles is 1. The molecular formula is C61H70Cl2F2N10O4. The Labute approximate surface area is 472 Å². The quantitative estimate of drug-likeness (QED) is 0.0353. The summed E-state index contributed by atoms with van der Waals surface area (Å²) in [6, 6.07) is 31.1. The van der Waals surface area contributed by atoms with E-state index in [1.54, 1.807) is 24.3 Å². The number of hydrogen-bond acceptors (Lipinski definition) is 12. The highest BCUT2D eigenvalue weighted by Gasteiger charge is 2.61. The molecule has 3 heterocycles. The largest absolute Gasteiger partial charge is 0.507 e. The van der Waals surface area contributed by atoms with E-state index in [0.29, 0.717) is 35.6 Å². The van der Waals surface area contributed by atoms with Crippen molar-refractivity contribution in [3.8, 4) is 28.8 Å². The molecule has 0 spiro atoms. The molecule has 18 heteroatoms. The van der Waals surface area contributed by atoms with E-state index < -0.39 is 46.4 Å². The average molecular weight is 1120 g/mol. The number of nitrogen functional groups attached to an aromatic ring is 1. The molecule has 0 saturated carbocycles. The maximum Gasteiger partial charge on any atom is 0.251 e. The first kappa shape index (κ1) is 58.1. The molecule has 0 unspecified atom stereocenters. The number of benzene rings is 5. The van der Waals surface area contributed by atoms with Crippen LogP contribution in [0.1, 0.15) is 105 Å². The van der Waals surface area contributed by atoms with E-state index in [1.807, 2.05) is 39.0 Å². The normalized spacial score (nSPS) is 18.3. The van der Waals surface area contributed by atoms with Crippen LogP contribution in [0.5, 0.6) is 11.5 Å². The first-order valence-corrected chi connectivity index (χ1v) is 27.8. The van der Waals surface area contributed by atoms with Gasteiger partial charge in [0, 0.05) is 78.6 Å². The Hall–Kier alpha value is -7.03. The van der Waals surface area contributed by atoms with Crippen molar-refractivity contribution < 1.29 is 28.2 Å². The third-order valence-electron chi connectivity index (χ3n) is 15.0. The summed E-state index contributed by atoms with van der Waals surface area (Å²) in [6.45, 7) is 11.4. The van der Waals surface area contributed by atoms with Gasteiger partial charge in [-0.05, 0) is 109 Å². The van der Waals surface area contributed by atoms with E-state index in [-0.39, 0.29) is 44.3 Å². The van der Waals surface area contributed by atoms with Gasteiger partial charge in [0.1, 0.15) is 28.5 Å². The molecule has 416 valence electrons. The number of ether oxygens (including phenoxy) is 1. The Balaban J connectivity index is 0.745. The summed E-state index contributed by atoms with van der Waals surface area (Å²) in [5, 5.41) is 42.6. The Bertz CT molecular complexity index is 3130. The predicted octanol–water partition coefficient (Wildman–Crippen LogP) is 11.6. The van der Waals surface area contributed by atoms with Crippen LogP contribution >= 0.6 is 23.2 Å². The predicted molar refractivity (Wildman–Crippen MR) is 310 cm³/mol. The number of phenols is 1. The molecule has 2 saturated heterocycles. The summed E-state index contributed by atoms with van der Waals surface area (Å²) >= 11 is 12.5. The van der Waals surface area contributed by atoms with Crippen LogP contribution in [0.2, 0.25) is 10.0 Å². The van der Waals surface area contributed by atoms with Crippen LogP contribution in [0.4, 0.5) is 31.7 Å². The van der Waals surface area contributed by atoms with Gasteiger partial charge in [0.25, 0.3) is 5.91 Å². The second-order valence-electron chi connectivity index (χ2n) is 21.7. The molecule has 14 nitrogen and oxygen atoms in total. The third-order valence-corrected chi connectivity index (χ3v) is 15.5. The van der Waals surface area contributed by atoms with Crippen LogP contribution in [-0.4, -0.2) is 85.6 Å². The number of unbranched alkanes of at least 4 members (excludes halogenated alkanes) is 6. The number of rotatable bonds is 22. The van der Waals surface area contributed by atoms with Crippen molar-refractivity contribution in [1.82, 2.24) is 26.1 Å². The Morgan fingerprint density at radius 3 is 2.24 bits per heavy atom. The number of nitrogens with two attached hydrogens (primary N) is 1. The van der Waals surface area contributed by atoms with Gasteiger partial charge in [-0.15, -0.1) is 10.2 Å². The number of nitrogens with one attached hydrogen (secondary N) is 4. The number of hydrogen-bond donors (Lipinski definition) is 6. The Kier molecular flexibility index (Phi) is 19.3. The summed E-state index contributed by atoms with van der Waals surface area (Å²) in [5.41, 5.74) is 9.05. The number of halogens is 4. The van der Waals surface area contributed by atoms with Gasteiger partial charge in [-0.2, -0.15) is 5.26 Å². The van der Waals surface area contributed by atoms with Crippen molar-refractivity contribution in [3.63, 3.8) is 0 Å². The molecule has 4 atom stereocenters. The lowest BCUT2D eigenvalue weighted by Crippen LogP contribution is -2.46. The zero-order valence-corrected chi connectivity index (χ0v) is 46.7. The molecule has 6 aromatic rings. The molecule has 5 aromatic carbocycles. The molecule has 0 radical (unpaired) electrons. The van der Waals surface area contributed by atoms with E-state index in [1.165, 1.54) is 54.8 Å². The number of amides is 2. The highest BCUT2D eigenvalue weighted by molar-refractivity contribution is 6.31. The molecule has 1 aromatic heterocycles. The van der Waals surface area contributed by atoms with Gasteiger partial charge >= 0.3 is 0 Å². The summed E-state index contributed by atoms with van der Waals surface area (Å²) in [5.74, 6) is -3.00. The van der Waals surface area contributed by atoms with Crippen LogP contribution < -0.4 is 41.5 Å². The molecule has 2 fully saturated rings. The first-order chi connectivity index (χ1) is 38.0. The summed E-state index contributed by atoms with van der Waals surface area (Å²) in [7, 11) is 1.42. The maximum atomic E-state index is 16.2. The monoisotopic (exact) mass is 1110 g/mol. The molecular weight excluding hydrogens is 1050 g/mol. The fourth-order valence-corrected chi connectivity index (χ4v) is 11.3. The molecule has 2 aliphatic rings. The minimum atomic E-state index is -1.79. The van der Waals surface area contributed by atoms with Crippen molar-refractivity contribution in [2.24, 2.45) is 5.41 Å². The minimum absolute atomic E-state index is 0.0234. The number of methoxy groups -OCH3 is 1. The Morgan fingerprint density at radius 1 is 0.861 bits per heavy atom. The summed E-state index contributed by atoms with van der Waals surface area (Å²) < 4.78 is 37.9. The van der Waals surface area contributed by atoms with Crippen molar-refractivity contribution in [1.29, 1.82) is 5.26 Å². The molecule has 8 rings (SSSR count). The maximum absolute atomic E-state index is 16.2. The fraction of sp³-hybridized carbons (Fsp3) is 0.393. The van der Waals surface area contributed by atoms with Crippen molar-refractivity contribution in [2.45, 2.75) is 102 Å². The second kappa shape index (κ2) is 26.3. The van der Waals surface area contributed by atoms with E-state index in [9.17, 15) is 20.0 Å². The number of piperazine rings is 1. The first-order valence-electron chi connectivity index (χ1n) is 27.1. The minimum Gasteiger partial charge on any atom is -0.507 e. The third kappa shape index (κ3) is 13.9. The van der Waals surface area contributed by atoms with Crippen LogP contribution in [0, 0.1) is 28.4 Å². The highest BCUT2D eigenvalue weighted by Crippen LogP contribution is 2.53. The second-order valence-corrected chi connectivity index (χ2v) is 22.5. The SMILES string of the molecule is COc1cc(C(=O)NCCCCCCCCCNCc2ccc(N3CCN(c4cc(-c5ccccc5O)nnc4N)CC3)cc2)ccc1NC(=O)[C@@H]1N[C@@H](CC(C)(C)C)[C@](C#N)(c2ccc(Cl)cc2F)[C@H]1c1cccc(Cl)c1F. The smallest absolute Gasteiger partial charge is 0.251 e. The molecule has 0 aliphatic carbocycles. The Morgan fingerprint density at radius 2 is 1.56 bits per heavy atom. The molecule has 79 heavy (non-hydrogen) atoms. The number of aromatic hydroxyl groups is 1. The number of nitrogens with zero attached hydrogens (tertiary/aromatic N) is 5. The van der Waals surface area contributed by atoms with Crippen molar-refractivity contribution in [3.05, 3.63) is 153 Å². The van der Waals surface area contributed by atoms with Crippen LogP contribution in [0.25, 0.3) is 11.3 Å². The van der Waals surface area contributed by atoms with E-state index in [2.05, 4.69) is 71.6 Å². The zero-order chi connectivity index (χ0) is 56.3. The van der Waals surface area contributed by atoms with Crippen LogP contribution in [0.15, 0.2) is 109 Å². The number of phenolic OH excluding ortho intramolecular Hbond substituents is 1. The lowest BCUT2D eigenvalue weighted by molar-refractivity contribution is -0.118. The van der Waals surface area contributed by atoms with E-state index in [0.717, 1.165) is 96.0 Å². The summed E-state index contributed by atoms with van der Waals surface area (Å²) in [4.78, 5) is 32.5. The number of carbonyl (C=O) groups is 2. The van der Waals surface area contributed by atoms with Gasteiger partial charge < -0.3 is 46.6 Å². The van der Waals surface area contributed by atoms with Gasteiger partial charge in [0.2, 0.25) is 5.91 Å². The van der Waals surface area contributed by atoms with Crippen LogP contribution in [0.3, 0.4) is 0 Å². The fourth-order valence-electron chi connectivity index (χ4n) is 11.0. The van der Waals surface area contributed by atoms with Crippen molar-refractivity contribution in [2.75, 3.05) is 67.2 Å². The number of aromatic nitrogens is 2. The van der Waals surface area contributed by atoms with Gasteiger partial charge in [0.05, 0.1) is 41.3 Å². The molecule has 0 bridgehead atoms. The average Bonchev–Trinajstić information content (AvgIpc) is 3.42. The number of carbonyl (C=O) groups excluding carboxylic acids is 2. The van der Waals surface area contributed by atoms with Gasteiger partial charge in [-0.3, -0.25) is 9.59 Å². The number of para-hydroxylation sites is 1. The topological polar surface area (TPSA) is 194 Å². The summed E-state index contributed by atoms with van der Waals surface area (Å²) in [6.07, 6.45) is 7.72. The van der Waals surface area contributed by atoms with Gasteiger partial charge in [-0.1, -0.05) is 119 Å². The van der Waals surface area contributed by atoms with Crippen molar-refractivity contribution >= 4 is 57.9 Å². The van der Waals surface area contributed by atoms with Crippen LogP contribution in [-0.2, 0) is 16.8 Å². The lowest BCUT2D eigenvalue weighted by atomic mass is 9.62. The number of anilines is 4. The van der Waals surface area contributed by atoms with Gasteiger partial charge in [-0.25, -0.2) is 8.78 Å². The molecule has 7 N–H and O–H groups in total. The lowest BCUT2D eigenvalue weighted by Gasteiger charge is -2.37. The van der Waals surface area contributed by atoms with E-state index in [4.69, 9.17) is 33.7 Å². The molecule has 2 aliphatic heterocycles.